The van der Waals surface area contributed by atoms with Crippen LogP contribution in [-0.4, -0.2) is 23.1 Å². The summed E-state index contributed by atoms with van der Waals surface area (Å²) in [5.74, 6) is 1.99. The largest absolute Gasteiger partial charge is 0.346 e. The minimum Gasteiger partial charge on any atom is -0.346 e. The van der Waals surface area contributed by atoms with Crippen molar-refractivity contribution in [3.63, 3.8) is 0 Å². The molecule has 0 spiro atoms. The number of piperidine rings is 1. The second-order valence-corrected chi connectivity index (χ2v) is 4.29. The quantitative estimate of drug-likeness (QED) is 0.748. The highest BCUT2D eigenvalue weighted by molar-refractivity contribution is 5.11. The van der Waals surface area contributed by atoms with Crippen LogP contribution in [0.1, 0.15) is 30.1 Å². The van der Waals surface area contributed by atoms with Crippen LogP contribution in [0.25, 0.3) is 0 Å². The lowest BCUT2D eigenvalue weighted by Crippen LogP contribution is -2.28. The summed E-state index contributed by atoms with van der Waals surface area (Å²) in [4.78, 5) is 7.89. The minimum absolute atomic E-state index is 0.821. The van der Waals surface area contributed by atoms with E-state index in [-0.39, 0.29) is 0 Å². The third-order valence-electron chi connectivity index (χ3n) is 3.12. The Labute approximate surface area is 85.3 Å². The molecule has 14 heavy (non-hydrogen) atoms. The number of rotatable bonds is 2. The highest BCUT2D eigenvalue weighted by atomic mass is 14.9. The van der Waals surface area contributed by atoms with Gasteiger partial charge in [-0.05, 0) is 45.7 Å². The first kappa shape index (κ1) is 9.71. The molecule has 78 valence electrons. The van der Waals surface area contributed by atoms with Crippen LogP contribution in [0.3, 0.4) is 0 Å². The van der Waals surface area contributed by atoms with E-state index in [2.05, 4.69) is 29.1 Å². The number of H-pyrrole nitrogens is 1. The van der Waals surface area contributed by atoms with Gasteiger partial charge in [-0.2, -0.15) is 0 Å². The molecule has 0 amide bonds. The van der Waals surface area contributed by atoms with Gasteiger partial charge in [0.2, 0.25) is 0 Å². The number of imidazole rings is 1. The molecule has 1 aliphatic heterocycles. The average molecular weight is 193 g/mol. The molecule has 0 radical (unpaired) electrons. The van der Waals surface area contributed by atoms with E-state index in [9.17, 15) is 0 Å². The third kappa shape index (κ3) is 2.15. The predicted octanol–water partition coefficient (Wildman–Crippen LogP) is 1.57. The monoisotopic (exact) mass is 193 g/mol. The van der Waals surface area contributed by atoms with Gasteiger partial charge in [-0.15, -0.1) is 0 Å². The molecule has 1 aromatic rings. The molecule has 0 saturated carbocycles. The molecule has 0 unspecified atom stereocenters. The van der Waals surface area contributed by atoms with Gasteiger partial charge in [-0.3, -0.25) is 0 Å². The van der Waals surface area contributed by atoms with Crippen LogP contribution in [0.15, 0.2) is 0 Å². The minimum atomic E-state index is 0.821. The lowest BCUT2D eigenvalue weighted by atomic mass is 9.94. The molecule has 1 saturated heterocycles. The Hall–Kier alpha value is -0.830. The summed E-state index contributed by atoms with van der Waals surface area (Å²) in [6.45, 7) is 6.50. The summed E-state index contributed by atoms with van der Waals surface area (Å²) in [5, 5.41) is 3.39. The van der Waals surface area contributed by atoms with Gasteiger partial charge >= 0.3 is 0 Å². The van der Waals surface area contributed by atoms with Crippen molar-refractivity contribution < 1.29 is 0 Å². The van der Waals surface area contributed by atoms with E-state index >= 15 is 0 Å². The summed E-state index contributed by atoms with van der Waals surface area (Å²) >= 11 is 0. The highest BCUT2D eigenvalue weighted by Crippen LogP contribution is 2.17. The van der Waals surface area contributed by atoms with Crippen LogP contribution >= 0.6 is 0 Å². The van der Waals surface area contributed by atoms with Crippen LogP contribution in [0.5, 0.6) is 0 Å². The third-order valence-corrected chi connectivity index (χ3v) is 3.12. The number of aromatic nitrogens is 2. The van der Waals surface area contributed by atoms with Crippen molar-refractivity contribution in [1.29, 1.82) is 0 Å². The second-order valence-electron chi connectivity index (χ2n) is 4.29. The lowest BCUT2D eigenvalue weighted by Gasteiger charge is -2.21. The van der Waals surface area contributed by atoms with Gasteiger partial charge in [0.1, 0.15) is 5.82 Å². The molecule has 2 heterocycles. The van der Waals surface area contributed by atoms with Crippen molar-refractivity contribution >= 4 is 0 Å². The van der Waals surface area contributed by atoms with Crippen LogP contribution in [0, 0.1) is 19.8 Å². The number of hydrogen-bond acceptors (Lipinski definition) is 2. The predicted molar refractivity (Wildman–Crippen MR) is 57.4 cm³/mol. The smallest absolute Gasteiger partial charge is 0.106 e. The van der Waals surface area contributed by atoms with E-state index in [1.807, 2.05) is 0 Å². The first-order chi connectivity index (χ1) is 6.75. The van der Waals surface area contributed by atoms with Gasteiger partial charge in [0, 0.05) is 12.1 Å². The van der Waals surface area contributed by atoms with Crippen LogP contribution < -0.4 is 5.32 Å². The van der Waals surface area contributed by atoms with E-state index in [0.717, 1.165) is 18.0 Å². The van der Waals surface area contributed by atoms with Crippen molar-refractivity contribution in [2.45, 2.75) is 33.1 Å². The molecule has 0 bridgehead atoms. The molecule has 3 nitrogen and oxygen atoms in total. The highest BCUT2D eigenvalue weighted by Gasteiger charge is 2.15. The molecule has 0 aliphatic carbocycles. The zero-order valence-electron chi connectivity index (χ0n) is 9.06. The maximum absolute atomic E-state index is 4.53. The fourth-order valence-electron chi connectivity index (χ4n) is 2.08. The molecule has 1 fully saturated rings. The Kier molecular flexibility index (Phi) is 2.87. The van der Waals surface area contributed by atoms with Gasteiger partial charge in [-0.1, -0.05) is 0 Å². The zero-order chi connectivity index (χ0) is 9.97. The lowest BCUT2D eigenvalue weighted by molar-refractivity contribution is 0.368. The van der Waals surface area contributed by atoms with Crippen molar-refractivity contribution in [1.82, 2.24) is 15.3 Å². The molecule has 2 rings (SSSR count). The van der Waals surface area contributed by atoms with E-state index < -0.39 is 0 Å². The van der Waals surface area contributed by atoms with Crippen molar-refractivity contribution in [2.75, 3.05) is 13.1 Å². The first-order valence-electron chi connectivity index (χ1n) is 5.48. The number of aryl methyl sites for hydroxylation is 2. The van der Waals surface area contributed by atoms with Gasteiger partial charge in [0.05, 0.1) is 5.69 Å². The summed E-state index contributed by atoms with van der Waals surface area (Å²) in [6, 6.07) is 0. The molecular formula is C11H19N3. The maximum atomic E-state index is 4.53. The normalized spacial score (nSPS) is 18.7. The topological polar surface area (TPSA) is 40.7 Å². The Morgan fingerprint density at radius 2 is 2.00 bits per heavy atom. The van der Waals surface area contributed by atoms with Gasteiger partial charge in [-0.25, -0.2) is 4.98 Å². The summed E-state index contributed by atoms with van der Waals surface area (Å²) in [7, 11) is 0. The fraction of sp³-hybridized carbons (Fsp3) is 0.727. The van der Waals surface area contributed by atoms with Crippen LogP contribution in [-0.2, 0) is 6.42 Å². The first-order valence-corrected chi connectivity index (χ1v) is 5.48. The average Bonchev–Trinajstić information content (AvgIpc) is 2.47. The molecular weight excluding hydrogens is 174 g/mol. The van der Waals surface area contributed by atoms with Gasteiger partial charge < -0.3 is 10.3 Å². The second kappa shape index (κ2) is 4.13. The Morgan fingerprint density at radius 3 is 2.57 bits per heavy atom. The molecule has 1 aromatic heterocycles. The van der Waals surface area contributed by atoms with Crippen molar-refractivity contribution in [3.8, 4) is 0 Å². The Bertz CT molecular complexity index is 278. The summed E-state index contributed by atoms with van der Waals surface area (Å²) in [5.41, 5.74) is 2.36. The van der Waals surface area contributed by atoms with Gasteiger partial charge in [0.15, 0.2) is 0 Å². The van der Waals surface area contributed by atoms with Crippen molar-refractivity contribution in [2.24, 2.45) is 5.92 Å². The standard InChI is InChI=1S/C11H19N3/c1-8-9(2)14-11(13-8)7-10-3-5-12-6-4-10/h10,12H,3-7H2,1-2H3,(H,13,14). The summed E-state index contributed by atoms with van der Waals surface area (Å²) in [6.07, 6.45) is 3.70. The molecule has 0 aromatic carbocycles. The molecule has 1 aliphatic rings. The van der Waals surface area contributed by atoms with Crippen molar-refractivity contribution in [3.05, 3.63) is 17.2 Å². The molecule has 3 heteroatoms. The number of nitrogens with zero attached hydrogens (tertiary/aromatic N) is 1. The molecule has 0 atom stereocenters. The maximum Gasteiger partial charge on any atom is 0.106 e. The van der Waals surface area contributed by atoms with Gasteiger partial charge in [0.25, 0.3) is 0 Å². The van der Waals surface area contributed by atoms with E-state index in [4.69, 9.17) is 0 Å². The van der Waals surface area contributed by atoms with E-state index in [0.29, 0.717) is 0 Å². The fourth-order valence-corrected chi connectivity index (χ4v) is 2.08. The van der Waals surface area contributed by atoms with Crippen LogP contribution in [0.2, 0.25) is 0 Å². The Balaban J connectivity index is 1.95. The van der Waals surface area contributed by atoms with Crippen LogP contribution in [0.4, 0.5) is 0 Å². The number of nitrogens with one attached hydrogen (secondary N) is 2. The Morgan fingerprint density at radius 1 is 1.29 bits per heavy atom. The van der Waals surface area contributed by atoms with E-state index in [1.165, 1.54) is 37.4 Å². The molecule has 2 N–H and O–H groups in total. The summed E-state index contributed by atoms with van der Waals surface area (Å²) < 4.78 is 0. The SMILES string of the molecule is Cc1nc(CC2CCNCC2)[nH]c1C. The number of aromatic amines is 1. The van der Waals surface area contributed by atoms with E-state index in [1.54, 1.807) is 0 Å². The zero-order valence-corrected chi connectivity index (χ0v) is 9.06. The number of hydrogen-bond donors (Lipinski definition) is 2.